The smallest absolute Gasteiger partial charge is 0.249 e. The molecule has 1 saturated heterocycles. The molecule has 2 aromatic heterocycles. The van der Waals surface area contributed by atoms with Crippen LogP contribution >= 0.6 is 11.6 Å². The number of para-hydroxylation sites is 1. The number of benzene rings is 1. The Morgan fingerprint density at radius 1 is 1.03 bits per heavy atom. The van der Waals surface area contributed by atoms with Crippen molar-refractivity contribution in [3.63, 3.8) is 0 Å². The maximum absolute atomic E-state index is 9.34. The molecule has 1 N–H and O–H groups in total. The lowest BCUT2D eigenvalue weighted by Gasteiger charge is -2.29. The molecule has 1 saturated carbocycles. The number of hydrogen-bond donors (Lipinski definition) is 1. The van der Waals surface area contributed by atoms with E-state index in [4.69, 9.17) is 16.0 Å². The first-order chi connectivity index (χ1) is 15.2. The van der Waals surface area contributed by atoms with Crippen LogP contribution in [-0.4, -0.2) is 44.5 Å². The number of nitrogens with zero attached hydrogens (tertiary/aromatic N) is 4. The van der Waals surface area contributed by atoms with Gasteiger partial charge in [0.2, 0.25) is 11.8 Å². The van der Waals surface area contributed by atoms with E-state index in [-0.39, 0.29) is 6.61 Å². The molecule has 2 fully saturated rings. The van der Waals surface area contributed by atoms with Crippen LogP contribution < -0.4 is 0 Å². The Labute approximate surface area is 188 Å². The summed E-state index contributed by atoms with van der Waals surface area (Å²) in [7, 11) is 0. The zero-order valence-electron chi connectivity index (χ0n) is 18.0. The third-order valence-corrected chi connectivity index (χ3v) is 7.36. The molecule has 0 spiro atoms. The van der Waals surface area contributed by atoms with Crippen LogP contribution in [0, 0.1) is 11.8 Å². The van der Waals surface area contributed by atoms with Crippen molar-refractivity contribution in [3.05, 3.63) is 35.3 Å². The predicted octanol–water partition coefficient (Wildman–Crippen LogP) is 5.13. The van der Waals surface area contributed by atoms with Crippen LogP contribution in [-0.2, 0) is 13.1 Å². The minimum absolute atomic E-state index is 0.284. The molecule has 1 aliphatic carbocycles. The molecule has 2 aliphatic rings. The standard InChI is InChI=1S/C24H31ClN4O2/c25-21-8-4-7-19-20(14-29(23(19)21)13-17-5-2-1-3-6-17)24-27-26-22(31-24)15-28-11-9-18(16-30)10-12-28/h4,7-8,14,17-18,30H,1-3,5-6,9-13,15-16H2. The van der Waals surface area contributed by atoms with Crippen LogP contribution in [0.5, 0.6) is 0 Å². The number of aromatic nitrogens is 3. The van der Waals surface area contributed by atoms with Gasteiger partial charge in [-0.2, -0.15) is 0 Å². The highest BCUT2D eigenvalue weighted by atomic mass is 35.5. The molecule has 166 valence electrons. The lowest BCUT2D eigenvalue weighted by Crippen LogP contribution is -2.34. The summed E-state index contributed by atoms with van der Waals surface area (Å²) in [4.78, 5) is 2.33. The summed E-state index contributed by atoms with van der Waals surface area (Å²) in [6.07, 6.45) is 10.8. The van der Waals surface area contributed by atoms with Gasteiger partial charge in [0, 0.05) is 24.7 Å². The van der Waals surface area contributed by atoms with E-state index in [1.54, 1.807) is 0 Å². The molecular weight excluding hydrogens is 412 g/mol. The first-order valence-corrected chi connectivity index (χ1v) is 12.0. The summed E-state index contributed by atoms with van der Waals surface area (Å²) >= 11 is 6.63. The second-order valence-corrected chi connectivity index (χ2v) is 9.65. The summed E-state index contributed by atoms with van der Waals surface area (Å²) in [6.45, 7) is 3.85. The van der Waals surface area contributed by atoms with Gasteiger partial charge < -0.3 is 14.1 Å². The molecule has 7 heteroatoms. The maximum atomic E-state index is 9.34. The second-order valence-electron chi connectivity index (χ2n) is 9.24. The zero-order valence-corrected chi connectivity index (χ0v) is 18.7. The number of hydrogen-bond acceptors (Lipinski definition) is 5. The molecule has 0 unspecified atom stereocenters. The Morgan fingerprint density at radius 3 is 2.61 bits per heavy atom. The molecule has 5 rings (SSSR count). The van der Waals surface area contributed by atoms with Gasteiger partial charge in [-0.05, 0) is 56.7 Å². The van der Waals surface area contributed by atoms with Crippen LogP contribution in [0.4, 0.5) is 0 Å². The van der Waals surface area contributed by atoms with E-state index < -0.39 is 0 Å². The van der Waals surface area contributed by atoms with Gasteiger partial charge in [-0.15, -0.1) is 10.2 Å². The minimum Gasteiger partial charge on any atom is -0.419 e. The lowest BCUT2D eigenvalue weighted by molar-refractivity contribution is 0.121. The fraction of sp³-hybridized carbons (Fsp3) is 0.583. The molecule has 1 aliphatic heterocycles. The predicted molar refractivity (Wildman–Crippen MR) is 122 cm³/mol. The average Bonchev–Trinajstić information content (AvgIpc) is 3.40. The molecule has 0 amide bonds. The third kappa shape index (κ3) is 4.52. The van der Waals surface area contributed by atoms with Crippen molar-refractivity contribution in [1.29, 1.82) is 0 Å². The summed E-state index contributed by atoms with van der Waals surface area (Å²) in [5.41, 5.74) is 2.03. The van der Waals surface area contributed by atoms with Crippen molar-refractivity contribution >= 4 is 22.5 Å². The molecule has 6 nitrogen and oxygen atoms in total. The minimum atomic E-state index is 0.284. The Morgan fingerprint density at radius 2 is 1.84 bits per heavy atom. The van der Waals surface area contributed by atoms with E-state index in [9.17, 15) is 5.11 Å². The number of likely N-dealkylation sites (tertiary alicyclic amines) is 1. The summed E-state index contributed by atoms with van der Waals surface area (Å²) < 4.78 is 8.41. The van der Waals surface area contributed by atoms with Crippen molar-refractivity contribution in [2.45, 2.75) is 58.0 Å². The Balaban J connectivity index is 1.38. The number of halogens is 1. The summed E-state index contributed by atoms with van der Waals surface area (Å²) in [5.74, 6) is 2.34. The molecule has 31 heavy (non-hydrogen) atoms. The van der Waals surface area contributed by atoms with Crippen molar-refractivity contribution in [3.8, 4) is 11.5 Å². The van der Waals surface area contributed by atoms with E-state index in [0.29, 0.717) is 30.2 Å². The molecule has 3 heterocycles. The normalized spacial score (nSPS) is 19.4. The van der Waals surface area contributed by atoms with Gasteiger partial charge in [0.25, 0.3) is 0 Å². The van der Waals surface area contributed by atoms with Gasteiger partial charge in [0.1, 0.15) is 0 Å². The Bertz CT molecular complexity index is 1020. The van der Waals surface area contributed by atoms with E-state index in [2.05, 4.69) is 31.9 Å². The molecule has 3 aromatic rings. The van der Waals surface area contributed by atoms with Crippen LogP contribution in [0.2, 0.25) is 5.02 Å². The van der Waals surface area contributed by atoms with Crippen LogP contribution in [0.3, 0.4) is 0 Å². The summed E-state index contributed by atoms with van der Waals surface area (Å²) in [6, 6.07) is 6.04. The average molecular weight is 443 g/mol. The number of aliphatic hydroxyl groups excluding tert-OH is 1. The van der Waals surface area contributed by atoms with E-state index in [1.165, 1.54) is 32.1 Å². The van der Waals surface area contributed by atoms with Crippen molar-refractivity contribution in [2.24, 2.45) is 11.8 Å². The largest absolute Gasteiger partial charge is 0.419 e. The van der Waals surface area contributed by atoms with Crippen LogP contribution in [0.15, 0.2) is 28.8 Å². The quantitative estimate of drug-likeness (QED) is 0.573. The SMILES string of the molecule is OCC1CCN(Cc2nnc(-c3cn(CC4CCCCC4)c4c(Cl)cccc34)o2)CC1. The highest BCUT2D eigenvalue weighted by molar-refractivity contribution is 6.35. The lowest BCUT2D eigenvalue weighted by atomic mass is 9.89. The van der Waals surface area contributed by atoms with Crippen molar-refractivity contribution < 1.29 is 9.52 Å². The van der Waals surface area contributed by atoms with E-state index >= 15 is 0 Å². The van der Waals surface area contributed by atoms with Crippen LogP contribution in [0.25, 0.3) is 22.4 Å². The Hall–Kier alpha value is -1.89. The maximum Gasteiger partial charge on any atom is 0.249 e. The number of rotatable bonds is 6. The monoisotopic (exact) mass is 442 g/mol. The second kappa shape index (κ2) is 9.31. The molecule has 0 atom stereocenters. The first kappa shape index (κ1) is 21.0. The molecular formula is C24H31ClN4O2. The number of fused-ring (bicyclic) bond motifs is 1. The van der Waals surface area contributed by atoms with Gasteiger partial charge in [0.05, 0.1) is 22.6 Å². The number of piperidine rings is 1. The molecule has 0 radical (unpaired) electrons. The third-order valence-electron chi connectivity index (χ3n) is 7.05. The topological polar surface area (TPSA) is 67.3 Å². The van der Waals surface area contributed by atoms with E-state index in [1.807, 2.05) is 12.1 Å². The fourth-order valence-corrected chi connectivity index (χ4v) is 5.50. The van der Waals surface area contributed by atoms with Gasteiger partial charge in [-0.1, -0.05) is 43.0 Å². The van der Waals surface area contributed by atoms with Gasteiger partial charge in [0.15, 0.2) is 0 Å². The highest BCUT2D eigenvalue weighted by Gasteiger charge is 2.23. The van der Waals surface area contributed by atoms with Crippen LogP contribution in [0.1, 0.15) is 50.8 Å². The zero-order chi connectivity index (χ0) is 21.2. The van der Waals surface area contributed by atoms with Crippen molar-refractivity contribution in [2.75, 3.05) is 19.7 Å². The van der Waals surface area contributed by atoms with Gasteiger partial charge in [-0.3, -0.25) is 4.90 Å². The number of aliphatic hydroxyl groups is 1. The molecule has 1 aromatic carbocycles. The highest BCUT2D eigenvalue weighted by Crippen LogP contribution is 2.36. The van der Waals surface area contributed by atoms with Gasteiger partial charge in [-0.25, -0.2) is 0 Å². The fourth-order valence-electron chi connectivity index (χ4n) is 5.22. The van der Waals surface area contributed by atoms with Crippen molar-refractivity contribution in [1.82, 2.24) is 19.7 Å². The first-order valence-electron chi connectivity index (χ1n) is 11.6. The molecule has 0 bridgehead atoms. The Kier molecular flexibility index (Phi) is 6.30. The van der Waals surface area contributed by atoms with Gasteiger partial charge >= 0.3 is 0 Å². The summed E-state index contributed by atoms with van der Waals surface area (Å²) in [5, 5.41) is 19.9. The van der Waals surface area contributed by atoms with E-state index in [0.717, 1.165) is 54.0 Å².